The first-order valence-corrected chi connectivity index (χ1v) is 22.0. The lowest BCUT2D eigenvalue weighted by Gasteiger charge is -2.38. The molecule has 2 amide bonds. The van der Waals surface area contributed by atoms with Crippen molar-refractivity contribution in [1.82, 2.24) is 15.5 Å². The third kappa shape index (κ3) is 7.58. The number of ether oxygens (including phenoxy) is 4. The number of likely N-dealkylation sites (N-methyl/N-ethyl adjacent to an activating group) is 1. The van der Waals surface area contributed by atoms with Crippen LogP contribution < -0.4 is 29.6 Å². The van der Waals surface area contributed by atoms with Crippen LogP contribution in [0, 0.1) is 0 Å². The Morgan fingerprint density at radius 3 is 1.89 bits per heavy atom. The van der Waals surface area contributed by atoms with Gasteiger partial charge in [0.05, 0.1) is 14.2 Å². The Morgan fingerprint density at radius 2 is 1.39 bits per heavy atom. The molecule has 2 spiro atoms. The Balaban J connectivity index is 0.000000177. The highest BCUT2D eigenvalue weighted by Crippen LogP contribution is 2.51. The number of hydrogen-bond acceptors (Lipinski definition) is 9. The minimum Gasteiger partial charge on any atom is -0.497 e. The summed E-state index contributed by atoms with van der Waals surface area (Å²) < 4.78 is 24.9. The van der Waals surface area contributed by atoms with Gasteiger partial charge in [0.15, 0.2) is 21.4 Å². The molecule has 0 saturated carbocycles. The zero-order chi connectivity index (χ0) is 38.8. The number of amidine groups is 1. The normalized spacial score (nSPS) is 23.3. The smallest absolute Gasteiger partial charge is 0.261 e. The van der Waals surface area contributed by atoms with E-state index in [9.17, 15) is 9.59 Å². The summed E-state index contributed by atoms with van der Waals surface area (Å²) in [5.74, 6) is 2.67. The molecule has 0 aromatic heterocycles. The number of benzene rings is 4. The van der Waals surface area contributed by atoms with Gasteiger partial charge in [-0.1, -0.05) is 90.5 Å². The van der Waals surface area contributed by atoms with Crippen LogP contribution in [0.4, 0.5) is 0 Å². The molecular formula is C39H37Br2IN4O6S2. The first-order chi connectivity index (χ1) is 26.0. The third-order valence-electron chi connectivity index (χ3n) is 9.59. The van der Waals surface area contributed by atoms with Crippen molar-refractivity contribution in [3.8, 4) is 23.0 Å². The van der Waals surface area contributed by atoms with Crippen LogP contribution in [0.3, 0.4) is 0 Å². The van der Waals surface area contributed by atoms with Crippen LogP contribution in [0.25, 0.3) is 0 Å². The second kappa shape index (κ2) is 16.8. The van der Waals surface area contributed by atoms with Gasteiger partial charge in [0.1, 0.15) is 35.2 Å². The van der Waals surface area contributed by atoms with Crippen LogP contribution in [0.15, 0.2) is 98.9 Å². The first-order valence-electron chi connectivity index (χ1n) is 16.6. The van der Waals surface area contributed by atoms with Crippen LogP contribution in [-0.4, -0.2) is 59.4 Å². The van der Waals surface area contributed by atoms with Crippen molar-refractivity contribution in [1.29, 1.82) is 0 Å². The molecule has 1 fully saturated rings. The zero-order valence-electron chi connectivity index (χ0n) is 29.9. The fourth-order valence-corrected chi connectivity index (χ4v) is 8.64. The molecule has 0 aliphatic carbocycles. The third-order valence-corrected chi connectivity index (χ3v) is 11.5. The molecule has 4 aliphatic rings. The van der Waals surface area contributed by atoms with Crippen LogP contribution in [-0.2, 0) is 20.7 Å². The Bertz CT molecular complexity index is 2140. The lowest BCUT2D eigenvalue weighted by Crippen LogP contribution is -2.48. The number of nitrogens with zero attached hydrogens (tertiary/aromatic N) is 2. The van der Waals surface area contributed by atoms with E-state index in [1.165, 1.54) is 11.8 Å². The number of rotatable bonds is 4. The van der Waals surface area contributed by atoms with Crippen molar-refractivity contribution in [3.05, 3.63) is 116 Å². The quantitative estimate of drug-likeness (QED) is 0.118. The number of carbonyl (C=O) groups excluding carboxylic acids is 2. The van der Waals surface area contributed by atoms with E-state index in [0.717, 1.165) is 47.9 Å². The molecule has 4 aliphatic heterocycles. The minimum absolute atomic E-state index is 0.0256. The molecule has 4 heterocycles. The highest BCUT2D eigenvalue weighted by atomic mass is 127. The summed E-state index contributed by atoms with van der Waals surface area (Å²) in [6.45, 7) is 0. The van der Waals surface area contributed by atoms with Crippen molar-refractivity contribution < 1.29 is 28.5 Å². The largest absolute Gasteiger partial charge is 0.497 e. The predicted octanol–water partition coefficient (Wildman–Crippen LogP) is 8.60. The van der Waals surface area contributed by atoms with Crippen molar-refractivity contribution in [3.63, 3.8) is 0 Å². The first kappa shape index (κ1) is 40.3. The lowest BCUT2D eigenvalue weighted by molar-refractivity contribution is -0.132. The maximum Gasteiger partial charge on any atom is 0.261 e. The molecule has 0 bridgehead atoms. The minimum atomic E-state index is -0.974. The van der Waals surface area contributed by atoms with Crippen molar-refractivity contribution in [2.45, 2.75) is 36.1 Å². The van der Waals surface area contributed by atoms with Gasteiger partial charge in [0.2, 0.25) is 0 Å². The van der Waals surface area contributed by atoms with Gasteiger partial charge < -0.3 is 29.6 Å². The van der Waals surface area contributed by atoms with Crippen molar-refractivity contribution >= 4 is 101 Å². The van der Waals surface area contributed by atoms with Crippen molar-refractivity contribution in [2.75, 3.05) is 32.5 Å². The van der Waals surface area contributed by atoms with Crippen LogP contribution >= 0.6 is 78.4 Å². The summed E-state index contributed by atoms with van der Waals surface area (Å²) in [6, 6.07) is 26.9. The molecule has 4 aromatic rings. The second-order valence-corrected chi connectivity index (χ2v) is 15.6. The number of thiocarbonyl (C=S) groups is 1. The summed E-state index contributed by atoms with van der Waals surface area (Å²) in [5.41, 5.74) is 1.57. The number of carbonyl (C=O) groups is 2. The molecule has 2 N–H and O–H groups in total. The Labute approximate surface area is 354 Å². The molecule has 1 saturated heterocycles. The van der Waals surface area contributed by atoms with Gasteiger partial charge in [0, 0.05) is 40.0 Å². The van der Waals surface area contributed by atoms with E-state index in [4.69, 9.17) is 36.2 Å². The highest BCUT2D eigenvalue weighted by molar-refractivity contribution is 14.1. The maximum atomic E-state index is 13.3. The highest BCUT2D eigenvalue weighted by Gasteiger charge is 2.54. The van der Waals surface area contributed by atoms with E-state index in [1.54, 1.807) is 26.2 Å². The van der Waals surface area contributed by atoms with Gasteiger partial charge in [0.25, 0.3) is 11.8 Å². The molecule has 8 rings (SSSR count). The van der Waals surface area contributed by atoms with Crippen LogP contribution in [0.2, 0.25) is 0 Å². The summed E-state index contributed by atoms with van der Waals surface area (Å²) in [5, 5.41) is 6.94. The number of hydrogen-bond donors (Lipinski definition) is 2. The number of amides is 2. The topological polar surface area (TPSA) is 111 Å². The van der Waals surface area contributed by atoms with Gasteiger partial charge in [-0.15, -0.1) is 0 Å². The molecule has 4 aromatic carbocycles. The average Bonchev–Trinajstić information content (AvgIpc) is 3.62. The molecule has 282 valence electrons. The molecule has 15 heteroatoms. The number of alkyl halides is 1. The standard InChI is InChI=1S/C20H19BrN2O3S.C18H15BrN2O3S.CH3I/c1-23-18(24)20(22-19(23)27-3)11-17(12-5-4-6-14(9-12)25-2)26-16-8-7-13(21)10-15(16)20;1-23-12-4-2-3-10(7-12)15-9-18(16(22)20-17(25)21-18)13-8-11(19)5-6-14(13)24-15;1-2/h4-10,17H,11H2,1-3H3;2-8,15H,9H2,1H3,(H2,20,21,22,25);1H3. The molecule has 4 unspecified atom stereocenters. The van der Waals surface area contributed by atoms with E-state index in [2.05, 4.69) is 65.1 Å². The maximum absolute atomic E-state index is 13.3. The van der Waals surface area contributed by atoms with Crippen molar-refractivity contribution in [2.24, 2.45) is 4.99 Å². The van der Waals surface area contributed by atoms with Gasteiger partial charge >= 0.3 is 0 Å². The van der Waals surface area contributed by atoms with E-state index in [-0.39, 0.29) is 24.0 Å². The fourth-order valence-electron chi connectivity index (χ4n) is 7.04. The number of methoxy groups -OCH3 is 2. The number of nitrogens with one attached hydrogen (secondary N) is 2. The predicted molar refractivity (Wildman–Crippen MR) is 231 cm³/mol. The van der Waals surface area contributed by atoms with Gasteiger partial charge in [-0.05, 0) is 95.2 Å². The van der Waals surface area contributed by atoms with Gasteiger partial charge in [-0.2, -0.15) is 0 Å². The monoisotopic (exact) mass is 1010 g/mol. The number of aliphatic imine (C=N–C) groups is 1. The van der Waals surface area contributed by atoms with E-state index >= 15 is 0 Å². The SMILES string of the molecule is CI.COc1cccc(C2CC3(N=C(SC)N(C)C3=O)c3cc(Br)ccc3O2)c1.COc1cccc(C2CC3(NC(=S)NC3=O)c3cc(Br)ccc3O2)c1. The Kier molecular flexibility index (Phi) is 12.5. The molecule has 54 heavy (non-hydrogen) atoms. The van der Waals surface area contributed by atoms with Gasteiger partial charge in [-0.3, -0.25) is 14.5 Å². The second-order valence-electron chi connectivity index (χ2n) is 12.6. The molecule has 10 nitrogen and oxygen atoms in total. The van der Waals surface area contributed by atoms with E-state index in [0.29, 0.717) is 29.5 Å². The summed E-state index contributed by atoms with van der Waals surface area (Å²) >= 11 is 15.8. The lowest BCUT2D eigenvalue weighted by atomic mass is 9.80. The fraction of sp³-hybridized carbons (Fsp3) is 0.282. The molecule has 0 radical (unpaired) electrons. The van der Waals surface area contributed by atoms with Gasteiger partial charge in [-0.25, -0.2) is 4.99 Å². The van der Waals surface area contributed by atoms with E-state index in [1.807, 2.05) is 96.1 Å². The Morgan fingerprint density at radius 1 is 0.852 bits per heavy atom. The van der Waals surface area contributed by atoms with E-state index < -0.39 is 11.1 Å². The Hall–Kier alpha value is -3.38. The molecule has 4 atom stereocenters. The molecular weight excluding hydrogens is 971 g/mol. The number of fused-ring (bicyclic) bond motifs is 4. The van der Waals surface area contributed by atoms with Crippen LogP contribution in [0.1, 0.15) is 47.3 Å². The summed E-state index contributed by atoms with van der Waals surface area (Å²) in [6.07, 6.45) is 2.20. The number of halogens is 3. The summed E-state index contributed by atoms with van der Waals surface area (Å²) in [7, 11) is 5.04. The average molecular weight is 1010 g/mol. The summed E-state index contributed by atoms with van der Waals surface area (Å²) in [4.78, 5) is 34.6. The zero-order valence-corrected chi connectivity index (χ0v) is 36.9. The number of thioether (sulfide) groups is 1. The van der Waals surface area contributed by atoms with Crippen LogP contribution in [0.5, 0.6) is 23.0 Å².